The number of amides is 1. The Kier molecular flexibility index (Phi) is 5.80. The highest BCUT2D eigenvalue weighted by Gasteiger charge is 2.22. The topological polar surface area (TPSA) is 40.5 Å². The number of phenolic OH excluding ortho intramolecular Hbond substituents is 1. The molecule has 0 aromatic heterocycles. The lowest BCUT2D eigenvalue weighted by Gasteiger charge is -2.29. The molecule has 1 amide bonds. The molecule has 0 aliphatic heterocycles. The largest absolute Gasteiger partial charge is 0.507 e. The molecule has 19 heavy (non-hydrogen) atoms. The Labute approximate surface area is 114 Å². The van der Waals surface area contributed by atoms with Crippen LogP contribution in [0.3, 0.4) is 0 Å². The number of benzene rings is 1. The highest BCUT2D eigenvalue weighted by molar-refractivity contribution is 5.97. The van der Waals surface area contributed by atoms with Crippen LogP contribution in [0.1, 0.15) is 50.4 Å². The number of unbranched alkanes of at least 4 members (excludes halogenated alkanes) is 1. The fourth-order valence-corrected chi connectivity index (χ4v) is 1.91. The number of halogens is 1. The molecule has 0 saturated heterocycles. The summed E-state index contributed by atoms with van der Waals surface area (Å²) in [4.78, 5) is 14.1. The molecular weight excluding hydrogens is 245 g/mol. The van der Waals surface area contributed by atoms with Crippen LogP contribution in [0.5, 0.6) is 5.75 Å². The van der Waals surface area contributed by atoms with Gasteiger partial charge < -0.3 is 10.0 Å². The van der Waals surface area contributed by atoms with E-state index in [1.807, 2.05) is 13.8 Å². The molecule has 4 heteroatoms. The van der Waals surface area contributed by atoms with Crippen molar-refractivity contribution in [2.45, 2.75) is 46.1 Å². The van der Waals surface area contributed by atoms with E-state index in [1.165, 1.54) is 6.07 Å². The summed E-state index contributed by atoms with van der Waals surface area (Å²) in [7, 11) is 0. The Bertz CT molecular complexity index is 434. The van der Waals surface area contributed by atoms with E-state index in [0.717, 1.165) is 31.4 Å². The van der Waals surface area contributed by atoms with E-state index in [9.17, 15) is 14.3 Å². The van der Waals surface area contributed by atoms with Crippen LogP contribution >= 0.6 is 0 Å². The quantitative estimate of drug-likeness (QED) is 0.856. The molecule has 0 aliphatic rings. The average Bonchev–Trinajstić information content (AvgIpc) is 2.41. The lowest BCUT2D eigenvalue weighted by molar-refractivity contribution is 0.0681. The van der Waals surface area contributed by atoms with Gasteiger partial charge in [0.2, 0.25) is 0 Å². The minimum Gasteiger partial charge on any atom is -0.507 e. The maximum atomic E-state index is 13.2. The molecule has 1 aromatic carbocycles. The normalized spacial score (nSPS) is 12.2. The minimum absolute atomic E-state index is 0.0383. The molecule has 1 N–H and O–H groups in total. The number of nitrogens with zero attached hydrogens (tertiary/aromatic N) is 1. The van der Waals surface area contributed by atoms with E-state index in [0.29, 0.717) is 6.54 Å². The van der Waals surface area contributed by atoms with Crippen LogP contribution in [0.25, 0.3) is 0 Å². The van der Waals surface area contributed by atoms with Gasteiger partial charge in [-0.25, -0.2) is 4.39 Å². The van der Waals surface area contributed by atoms with Crippen molar-refractivity contribution in [1.29, 1.82) is 0 Å². The number of phenols is 1. The zero-order valence-electron chi connectivity index (χ0n) is 11.8. The van der Waals surface area contributed by atoms with Gasteiger partial charge in [0.25, 0.3) is 5.91 Å². The SMILES string of the molecule is CCCCN(C(=O)c1cc(F)ccc1O)C(C)CC. The molecule has 0 radical (unpaired) electrons. The summed E-state index contributed by atoms with van der Waals surface area (Å²) in [5.74, 6) is -0.989. The predicted molar refractivity (Wildman–Crippen MR) is 73.8 cm³/mol. The fourth-order valence-electron chi connectivity index (χ4n) is 1.91. The minimum atomic E-state index is -0.513. The number of hydrogen-bond donors (Lipinski definition) is 1. The fraction of sp³-hybridized carbons (Fsp3) is 0.533. The molecule has 0 saturated carbocycles. The second kappa shape index (κ2) is 7.12. The van der Waals surface area contributed by atoms with E-state index < -0.39 is 5.82 Å². The highest BCUT2D eigenvalue weighted by Crippen LogP contribution is 2.21. The summed E-state index contributed by atoms with van der Waals surface area (Å²) in [6, 6.07) is 3.53. The molecule has 3 nitrogen and oxygen atoms in total. The van der Waals surface area contributed by atoms with Gasteiger partial charge >= 0.3 is 0 Å². The first-order valence-electron chi connectivity index (χ1n) is 6.80. The zero-order chi connectivity index (χ0) is 14.4. The van der Waals surface area contributed by atoms with Gasteiger partial charge in [-0.2, -0.15) is 0 Å². The summed E-state index contributed by atoms with van der Waals surface area (Å²) < 4.78 is 13.2. The molecule has 1 rings (SSSR count). The van der Waals surface area contributed by atoms with Crippen LogP contribution < -0.4 is 0 Å². The van der Waals surface area contributed by atoms with E-state index in [4.69, 9.17) is 0 Å². The molecule has 0 spiro atoms. The molecule has 106 valence electrons. The summed E-state index contributed by atoms with van der Waals surface area (Å²) in [5.41, 5.74) is 0.0383. The van der Waals surface area contributed by atoms with Crippen molar-refractivity contribution in [3.8, 4) is 5.75 Å². The molecule has 0 heterocycles. The lowest BCUT2D eigenvalue weighted by atomic mass is 10.1. The van der Waals surface area contributed by atoms with Crippen LogP contribution in [0, 0.1) is 5.82 Å². The second-order valence-corrected chi connectivity index (χ2v) is 4.77. The first kappa shape index (κ1) is 15.5. The van der Waals surface area contributed by atoms with Gasteiger partial charge in [-0.1, -0.05) is 20.3 Å². The zero-order valence-corrected chi connectivity index (χ0v) is 11.8. The van der Waals surface area contributed by atoms with Crippen LogP contribution in [-0.2, 0) is 0 Å². The van der Waals surface area contributed by atoms with Gasteiger partial charge in [0, 0.05) is 12.6 Å². The summed E-state index contributed by atoms with van der Waals surface area (Å²) in [5, 5.41) is 9.72. The van der Waals surface area contributed by atoms with Crippen LogP contribution in [-0.4, -0.2) is 28.5 Å². The number of carbonyl (C=O) groups excluding carboxylic acids is 1. The molecule has 1 aromatic rings. The van der Waals surface area contributed by atoms with Gasteiger partial charge in [0.1, 0.15) is 11.6 Å². The third-order valence-electron chi connectivity index (χ3n) is 3.33. The lowest BCUT2D eigenvalue weighted by Crippen LogP contribution is -2.39. The van der Waals surface area contributed by atoms with Gasteiger partial charge in [-0.05, 0) is 38.0 Å². The van der Waals surface area contributed by atoms with Gasteiger partial charge in [-0.15, -0.1) is 0 Å². The predicted octanol–water partition coefficient (Wildman–Crippen LogP) is 3.57. The van der Waals surface area contributed by atoms with Crippen LogP contribution in [0.15, 0.2) is 18.2 Å². The third-order valence-corrected chi connectivity index (χ3v) is 3.33. The van der Waals surface area contributed by atoms with Crippen molar-refractivity contribution in [1.82, 2.24) is 4.90 Å². The van der Waals surface area contributed by atoms with Crippen molar-refractivity contribution in [3.63, 3.8) is 0 Å². The standard InChI is InChI=1S/C15H22FNO2/c1-4-6-9-17(11(3)5-2)15(19)13-10-12(16)7-8-14(13)18/h7-8,10-11,18H,4-6,9H2,1-3H3. The Balaban J connectivity index is 3.00. The maximum absolute atomic E-state index is 13.2. The van der Waals surface area contributed by atoms with Crippen molar-refractivity contribution in [2.24, 2.45) is 0 Å². The number of hydrogen-bond acceptors (Lipinski definition) is 2. The van der Waals surface area contributed by atoms with E-state index >= 15 is 0 Å². The smallest absolute Gasteiger partial charge is 0.257 e. The Morgan fingerprint density at radius 2 is 2.11 bits per heavy atom. The third kappa shape index (κ3) is 3.94. The average molecular weight is 267 g/mol. The van der Waals surface area contributed by atoms with Crippen LogP contribution in [0.4, 0.5) is 4.39 Å². The van der Waals surface area contributed by atoms with E-state index in [1.54, 1.807) is 4.90 Å². The molecule has 0 bridgehead atoms. The number of aromatic hydroxyl groups is 1. The first-order valence-corrected chi connectivity index (χ1v) is 6.80. The Morgan fingerprint density at radius 1 is 1.42 bits per heavy atom. The number of carbonyl (C=O) groups is 1. The number of rotatable bonds is 6. The molecule has 1 unspecified atom stereocenters. The molecule has 0 aliphatic carbocycles. The van der Waals surface area contributed by atoms with Gasteiger partial charge in [0.05, 0.1) is 5.56 Å². The Hall–Kier alpha value is -1.58. The van der Waals surface area contributed by atoms with Gasteiger partial charge in [-0.3, -0.25) is 4.79 Å². The Morgan fingerprint density at radius 3 is 2.68 bits per heavy atom. The van der Waals surface area contributed by atoms with Crippen molar-refractivity contribution in [3.05, 3.63) is 29.6 Å². The van der Waals surface area contributed by atoms with E-state index in [2.05, 4.69) is 6.92 Å². The molecule has 1 atom stereocenters. The molecule has 0 fully saturated rings. The monoisotopic (exact) mass is 267 g/mol. The highest BCUT2D eigenvalue weighted by atomic mass is 19.1. The molecular formula is C15H22FNO2. The first-order chi connectivity index (χ1) is 9.01. The van der Waals surface area contributed by atoms with Crippen molar-refractivity contribution >= 4 is 5.91 Å². The summed E-state index contributed by atoms with van der Waals surface area (Å²) in [6.45, 7) is 6.64. The van der Waals surface area contributed by atoms with Crippen LogP contribution in [0.2, 0.25) is 0 Å². The summed E-state index contributed by atoms with van der Waals surface area (Å²) in [6.07, 6.45) is 2.70. The van der Waals surface area contributed by atoms with Gasteiger partial charge in [0.15, 0.2) is 0 Å². The summed E-state index contributed by atoms with van der Waals surface area (Å²) >= 11 is 0. The van der Waals surface area contributed by atoms with Crippen molar-refractivity contribution < 1.29 is 14.3 Å². The second-order valence-electron chi connectivity index (χ2n) is 4.77. The van der Waals surface area contributed by atoms with E-state index in [-0.39, 0.29) is 23.3 Å². The van der Waals surface area contributed by atoms with Crippen molar-refractivity contribution in [2.75, 3.05) is 6.54 Å². The maximum Gasteiger partial charge on any atom is 0.257 e.